The summed E-state index contributed by atoms with van der Waals surface area (Å²) in [6.07, 6.45) is 2.04. The molecule has 1 aliphatic rings. The van der Waals surface area contributed by atoms with Crippen molar-refractivity contribution in [3.8, 4) is 11.9 Å². The lowest BCUT2D eigenvalue weighted by Gasteiger charge is -2.31. The normalized spacial score (nSPS) is 14.8. The van der Waals surface area contributed by atoms with E-state index in [0.717, 1.165) is 49.5 Å². The second-order valence-corrected chi connectivity index (χ2v) is 9.24. The Balaban J connectivity index is 1.19. The zero-order valence-electron chi connectivity index (χ0n) is 20.0. The van der Waals surface area contributed by atoms with Gasteiger partial charge in [-0.15, -0.1) is 0 Å². The van der Waals surface area contributed by atoms with E-state index in [1.807, 2.05) is 18.2 Å². The van der Waals surface area contributed by atoms with Crippen LogP contribution in [0.3, 0.4) is 0 Å². The molecule has 1 saturated heterocycles. The second-order valence-electron chi connectivity index (χ2n) is 9.24. The standard InChI is InChI=1S/C28H28FN5O/c1-19-6-9-26-25(14-19)31-27(33(26)2)17-34-12-10-21(11-13-34)24-4-3-5-28(32-24)35-18-22-8-7-20(16-30)15-23(22)29/h3-9,14-15,21H,10-13,17-18H2,1-2H3. The fourth-order valence-corrected chi connectivity index (χ4v) is 4.71. The highest BCUT2D eigenvalue weighted by Gasteiger charge is 2.23. The van der Waals surface area contributed by atoms with Crippen LogP contribution in [0.1, 0.15) is 47.0 Å². The van der Waals surface area contributed by atoms with Crippen molar-refractivity contribution in [2.24, 2.45) is 7.05 Å². The van der Waals surface area contributed by atoms with Crippen molar-refractivity contribution >= 4 is 11.0 Å². The molecule has 0 atom stereocenters. The number of hydrogen-bond acceptors (Lipinski definition) is 5. The van der Waals surface area contributed by atoms with Gasteiger partial charge in [-0.05, 0) is 68.8 Å². The number of rotatable bonds is 6. The number of piperidine rings is 1. The highest BCUT2D eigenvalue weighted by molar-refractivity contribution is 5.76. The zero-order chi connectivity index (χ0) is 24.4. The molecule has 5 rings (SSSR count). The molecule has 0 amide bonds. The Labute approximate surface area is 204 Å². The molecule has 0 radical (unpaired) electrons. The van der Waals surface area contributed by atoms with E-state index in [0.29, 0.717) is 22.9 Å². The maximum atomic E-state index is 14.1. The second kappa shape index (κ2) is 9.85. The van der Waals surface area contributed by atoms with Crippen LogP contribution in [0.5, 0.6) is 5.88 Å². The number of halogens is 1. The molecule has 0 unspecified atom stereocenters. The van der Waals surface area contributed by atoms with Crippen LogP contribution in [-0.4, -0.2) is 32.5 Å². The number of benzene rings is 2. The van der Waals surface area contributed by atoms with Crippen molar-refractivity contribution in [1.82, 2.24) is 19.4 Å². The fraction of sp³-hybridized carbons (Fsp3) is 0.321. The first-order valence-corrected chi connectivity index (χ1v) is 11.9. The van der Waals surface area contributed by atoms with Crippen molar-refractivity contribution in [2.75, 3.05) is 13.1 Å². The minimum Gasteiger partial charge on any atom is -0.473 e. The molecule has 2 aromatic carbocycles. The summed E-state index contributed by atoms with van der Waals surface area (Å²) >= 11 is 0. The highest BCUT2D eigenvalue weighted by atomic mass is 19.1. The zero-order valence-corrected chi connectivity index (χ0v) is 20.0. The molecule has 0 aliphatic carbocycles. The number of nitrogens with zero attached hydrogens (tertiary/aromatic N) is 5. The number of hydrogen-bond donors (Lipinski definition) is 0. The quantitative estimate of drug-likeness (QED) is 0.386. The van der Waals surface area contributed by atoms with Crippen LogP contribution in [0, 0.1) is 24.1 Å². The van der Waals surface area contributed by atoms with Gasteiger partial charge in [0, 0.05) is 30.3 Å². The van der Waals surface area contributed by atoms with E-state index < -0.39 is 5.82 Å². The minimum absolute atomic E-state index is 0.0734. The molecule has 3 heterocycles. The first-order chi connectivity index (χ1) is 17.0. The van der Waals surface area contributed by atoms with Gasteiger partial charge in [0.2, 0.25) is 5.88 Å². The summed E-state index contributed by atoms with van der Waals surface area (Å²) in [5.41, 5.74) is 5.16. The van der Waals surface area contributed by atoms with Crippen molar-refractivity contribution < 1.29 is 9.13 Å². The SMILES string of the molecule is Cc1ccc2c(c1)nc(CN1CCC(c3cccc(OCc4ccc(C#N)cc4F)n3)CC1)n2C. The third-order valence-corrected chi connectivity index (χ3v) is 6.80. The monoisotopic (exact) mass is 469 g/mol. The first kappa shape index (κ1) is 23.0. The Hall–Kier alpha value is -3.76. The smallest absolute Gasteiger partial charge is 0.213 e. The number of fused-ring (bicyclic) bond motifs is 1. The van der Waals surface area contributed by atoms with Gasteiger partial charge in [-0.2, -0.15) is 5.26 Å². The Morgan fingerprint density at radius 1 is 1.09 bits per heavy atom. The average molecular weight is 470 g/mol. The van der Waals surface area contributed by atoms with E-state index in [9.17, 15) is 4.39 Å². The Kier molecular flexibility index (Phi) is 6.47. The molecule has 0 spiro atoms. The van der Waals surface area contributed by atoms with Gasteiger partial charge in [-0.1, -0.05) is 18.2 Å². The molecule has 0 bridgehead atoms. The lowest BCUT2D eigenvalue weighted by atomic mass is 9.93. The predicted octanol–water partition coefficient (Wildman–Crippen LogP) is 5.25. The maximum Gasteiger partial charge on any atom is 0.213 e. The van der Waals surface area contributed by atoms with E-state index in [-0.39, 0.29) is 6.61 Å². The molecule has 178 valence electrons. The number of likely N-dealkylation sites (tertiary alicyclic amines) is 1. The van der Waals surface area contributed by atoms with E-state index in [4.69, 9.17) is 20.0 Å². The molecule has 4 aromatic rings. The summed E-state index contributed by atoms with van der Waals surface area (Å²) in [6.45, 7) is 4.97. The van der Waals surface area contributed by atoms with Gasteiger partial charge < -0.3 is 9.30 Å². The summed E-state index contributed by atoms with van der Waals surface area (Å²) in [7, 11) is 2.09. The van der Waals surface area contributed by atoms with Gasteiger partial charge in [0.1, 0.15) is 18.2 Å². The number of aromatic nitrogens is 3. The van der Waals surface area contributed by atoms with E-state index >= 15 is 0 Å². The number of pyridine rings is 1. The Bertz CT molecular complexity index is 1400. The Morgan fingerprint density at radius 2 is 1.91 bits per heavy atom. The Morgan fingerprint density at radius 3 is 2.69 bits per heavy atom. The van der Waals surface area contributed by atoms with Gasteiger partial charge in [0.25, 0.3) is 0 Å². The van der Waals surface area contributed by atoms with Crippen molar-refractivity contribution in [3.63, 3.8) is 0 Å². The largest absolute Gasteiger partial charge is 0.473 e. The third kappa shape index (κ3) is 5.03. The van der Waals surface area contributed by atoms with Crippen LogP contribution in [0.25, 0.3) is 11.0 Å². The molecule has 1 fully saturated rings. The van der Waals surface area contributed by atoms with Crippen LogP contribution in [-0.2, 0) is 20.2 Å². The molecule has 35 heavy (non-hydrogen) atoms. The number of ether oxygens (including phenoxy) is 1. The molecular weight excluding hydrogens is 441 g/mol. The van der Waals surface area contributed by atoms with Crippen LogP contribution in [0.2, 0.25) is 0 Å². The van der Waals surface area contributed by atoms with E-state index in [1.165, 1.54) is 17.1 Å². The molecule has 0 saturated carbocycles. The lowest BCUT2D eigenvalue weighted by Crippen LogP contribution is -2.33. The van der Waals surface area contributed by atoms with Gasteiger partial charge >= 0.3 is 0 Å². The summed E-state index contributed by atoms with van der Waals surface area (Å²) < 4.78 is 22.1. The maximum absolute atomic E-state index is 14.1. The van der Waals surface area contributed by atoms with Crippen LogP contribution in [0.15, 0.2) is 54.6 Å². The fourth-order valence-electron chi connectivity index (χ4n) is 4.71. The summed E-state index contributed by atoms with van der Waals surface area (Å²) in [5, 5.41) is 8.89. The minimum atomic E-state index is -0.441. The van der Waals surface area contributed by atoms with Gasteiger partial charge in [-0.3, -0.25) is 4.90 Å². The van der Waals surface area contributed by atoms with Crippen molar-refractivity contribution in [2.45, 2.75) is 38.8 Å². The summed E-state index contributed by atoms with van der Waals surface area (Å²) in [4.78, 5) is 12.0. The van der Waals surface area contributed by atoms with E-state index in [1.54, 1.807) is 18.2 Å². The molecular formula is C28H28FN5O. The van der Waals surface area contributed by atoms with Crippen LogP contribution in [0.4, 0.5) is 4.39 Å². The number of nitriles is 1. The average Bonchev–Trinajstić information content (AvgIpc) is 3.17. The third-order valence-electron chi connectivity index (χ3n) is 6.80. The topological polar surface area (TPSA) is 67.0 Å². The number of imidazole rings is 1. The molecule has 7 heteroatoms. The van der Waals surface area contributed by atoms with Crippen molar-refractivity contribution in [1.29, 1.82) is 5.26 Å². The molecule has 6 nitrogen and oxygen atoms in total. The highest BCUT2D eigenvalue weighted by Crippen LogP contribution is 2.29. The van der Waals surface area contributed by atoms with Gasteiger partial charge in [-0.25, -0.2) is 14.4 Å². The summed E-state index contributed by atoms with van der Waals surface area (Å²) in [5.74, 6) is 1.50. The molecule has 0 N–H and O–H groups in total. The lowest BCUT2D eigenvalue weighted by molar-refractivity contribution is 0.197. The number of aryl methyl sites for hydroxylation is 2. The molecule has 1 aliphatic heterocycles. The van der Waals surface area contributed by atoms with Crippen molar-refractivity contribution in [3.05, 3.63) is 88.6 Å². The van der Waals surface area contributed by atoms with E-state index in [2.05, 4.69) is 41.6 Å². The van der Waals surface area contributed by atoms with Crippen LogP contribution < -0.4 is 4.74 Å². The summed E-state index contributed by atoms with van der Waals surface area (Å²) in [6, 6.07) is 18.5. The van der Waals surface area contributed by atoms with Gasteiger partial charge in [0.15, 0.2) is 0 Å². The first-order valence-electron chi connectivity index (χ1n) is 11.9. The van der Waals surface area contributed by atoms with Crippen LogP contribution >= 0.6 is 0 Å². The predicted molar refractivity (Wildman–Crippen MR) is 132 cm³/mol. The van der Waals surface area contributed by atoms with Gasteiger partial charge in [0.05, 0.1) is 29.2 Å². The molecule has 2 aromatic heterocycles.